The summed E-state index contributed by atoms with van der Waals surface area (Å²) in [7, 11) is -1.29. The second kappa shape index (κ2) is 10.3. The van der Waals surface area contributed by atoms with Crippen LogP contribution < -0.4 is 9.64 Å². The summed E-state index contributed by atoms with van der Waals surface area (Å²) in [4.78, 5) is 27.1. The lowest BCUT2D eigenvalue weighted by Crippen LogP contribution is -2.51. The van der Waals surface area contributed by atoms with E-state index in [4.69, 9.17) is 9.47 Å². The number of nitrogens with zero attached hydrogens (tertiary/aromatic N) is 6. The van der Waals surface area contributed by atoms with E-state index in [1.54, 1.807) is 21.6 Å². The van der Waals surface area contributed by atoms with Crippen LogP contribution in [0.5, 0.6) is 5.88 Å². The highest BCUT2D eigenvalue weighted by atomic mass is 32.2. The molecule has 0 aromatic carbocycles. The highest BCUT2D eigenvalue weighted by Crippen LogP contribution is 2.39. The summed E-state index contributed by atoms with van der Waals surface area (Å²) < 4.78 is 39.0. The van der Waals surface area contributed by atoms with Gasteiger partial charge in [0.1, 0.15) is 11.4 Å². The van der Waals surface area contributed by atoms with Crippen LogP contribution in [0.2, 0.25) is 0 Å². The molecule has 1 aromatic rings. The van der Waals surface area contributed by atoms with E-state index in [0.29, 0.717) is 70.6 Å². The molecule has 1 aliphatic carbocycles. The van der Waals surface area contributed by atoms with Gasteiger partial charge in [-0.1, -0.05) is 0 Å². The number of ether oxygens (including phenoxy) is 2. The summed E-state index contributed by atoms with van der Waals surface area (Å²) in [6.07, 6.45) is 7.51. The van der Waals surface area contributed by atoms with Crippen LogP contribution in [0.25, 0.3) is 0 Å². The molecule has 0 radical (unpaired) electrons. The van der Waals surface area contributed by atoms with E-state index < -0.39 is 10.0 Å². The number of piperazine rings is 1. The fraction of sp³-hybridized carbons (Fsp3) is 0.792. The Bertz CT molecular complexity index is 1020. The van der Waals surface area contributed by atoms with Gasteiger partial charge in [0.15, 0.2) is 0 Å². The van der Waals surface area contributed by atoms with E-state index in [0.717, 1.165) is 38.0 Å². The van der Waals surface area contributed by atoms with Crippen LogP contribution in [-0.4, -0.2) is 115 Å². The molecule has 3 aliphatic heterocycles. The first kappa shape index (κ1) is 25.5. The maximum absolute atomic E-state index is 12.9. The van der Waals surface area contributed by atoms with Crippen LogP contribution in [0.3, 0.4) is 0 Å². The zero-order valence-corrected chi connectivity index (χ0v) is 22.2. The number of likely N-dealkylation sites (tertiary alicyclic amines) is 2. The number of aromatic nitrogens is 2. The van der Waals surface area contributed by atoms with E-state index in [2.05, 4.69) is 19.8 Å². The summed E-state index contributed by atoms with van der Waals surface area (Å²) in [6.45, 7) is 7.47. The number of piperidine rings is 1. The summed E-state index contributed by atoms with van der Waals surface area (Å²) in [6, 6.07) is 0. The van der Waals surface area contributed by atoms with E-state index in [1.165, 1.54) is 0 Å². The van der Waals surface area contributed by atoms with Crippen molar-refractivity contribution in [2.75, 3.05) is 70.9 Å². The molecule has 0 unspecified atom stereocenters. The predicted octanol–water partition coefficient (Wildman–Crippen LogP) is 1.41. The maximum Gasteiger partial charge on any atom is 0.410 e. The molecule has 11 nitrogen and oxygen atoms in total. The minimum Gasteiger partial charge on any atom is -0.476 e. The van der Waals surface area contributed by atoms with Gasteiger partial charge in [-0.25, -0.2) is 23.2 Å². The van der Waals surface area contributed by atoms with Crippen molar-refractivity contribution < 1.29 is 22.7 Å². The van der Waals surface area contributed by atoms with Gasteiger partial charge in [0.05, 0.1) is 24.3 Å². The Morgan fingerprint density at radius 3 is 2.33 bits per heavy atom. The number of rotatable bonds is 7. The number of hydrogen-bond donors (Lipinski definition) is 0. The fourth-order valence-corrected chi connectivity index (χ4v) is 7.05. The highest BCUT2D eigenvalue weighted by Gasteiger charge is 2.43. The summed E-state index contributed by atoms with van der Waals surface area (Å²) in [5, 5.41) is -0.294. The van der Waals surface area contributed by atoms with Gasteiger partial charge < -0.3 is 24.2 Å². The topological polar surface area (TPSA) is 108 Å². The van der Waals surface area contributed by atoms with Crippen molar-refractivity contribution in [3.05, 3.63) is 12.4 Å². The van der Waals surface area contributed by atoms with Crippen molar-refractivity contribution in [3.8, 4) is 5.88 Å². The quantitative estimate of drug-likeness (QED) is 0.525. The largest absolute Gasteiger partial charge is 0.476 e. The molecule has 0 spiro atoms. The summed E-state index contributed by atoms with van der Waals surface area (Å²) >= 11 is 0. The molecule has 3 saturated heterocycles. The highest BCUT2D eigenvalue weighted by molar-refractivity contribution is 7.89. The minimum atomic E-state index is -3.26. The van der Waals surface area contributed by atoms with Crippen molar-refractivity contribution >= 4 is 21.9 Å². The summed E-state index contributed by atoms with van der Waals surface area (Å²) in [5.74, 6) is 1.58. The normalized spacial score (nSPS) is 25.7. The minimum absolute atomic E-state index is 0.194. The smallest absolute Gasteiger partial charge is 0.410 e. The molecule has 36 heavy (non-hydrogen) atoms. The first-order valence-corrected chi connectivity index (χ1v) is 14.6. The van der Waals surface area contributed by atoms with Crippen LogP contribution >= 0.6 is 0 Å². The van der Waals surface area contributed by atoms with Gasteiger partial charge in [0.2, 0.25) is 15.9 Å². The zero-order chi connectivity index (χ0) is 25.3. The van der Waals surface area contributed by atoms with E-state index in [1.807, 2.05) is 14.0 Å². The standard InChI is InChI=1S/C24H38N6O5S/c1-24(6-7-24)35-23(31)29-9-3-19(4-10-29)18-34-22-16-25-21(15-26-22)28-11-13-30(14-12-28)36(32,33)20-5-8-27(2)17-20/h15-16,19-20H,3-14,17-18H2,1-2H3/t20-/m1/s1. The van der Waals surface area contributed by atoms with Gasteiger partial charge >= 0.3 is 6.09 Å². The Labute approximate surface area is 213 Å². The molecular formula is C24H38N6O5S. The lowest BCUT2D eigenvalue weighted by molar-refractivity contribution is 0.0454. The van der Waals surface area contributed by atoms with E-state index in [-0.39, 0.29) is 16.9 Å². The van der Waals surface area contributed by atoms with Gasteiger partial charge in [0.25, 0.3) is 0 Å². The number of carbonyl (C=O) groups excluding carboxylic acids is 1. The van der Waals surface area contributed by atoms with Gasteiger partial charge in [-0.3, -0.25) is 0 Å². The molecule has 12 heteroatoms. The maximum atomic E-state index is 12.9. The molecule has 4 heterocycles. The average molecular weight is 523 g/mol. The molecule has 0 N–H and O–H groups in total. The van der Waals surface area contributed by atoms with E-state index >= 15 is 0 Å². The van der Waals surface area contributed by atoms with Crippen molar-refractivity contribution in [2.45, 2.75) is 49.9 Å². The Hall–Kier alpha value is -2.18. The number of anilines is 1. The molecule has 1 atom stereocenters. The van der Waals surface area contributed by atoms with Crippen molar-refractivity contribution in [1.29, 1.82) is 0 Å². The van der Waals surface area contributed by atoms with Crippen LogP contribution in [0.15, 0.2) is 12.4 Å². The Kier molecular flexibility index (Phi) is 7.28. The molecule has 1 saturated carbocycles. The average Bonchev–Trinajstić information content (AvgIpc) is 3.44. The van der Waals surface area contributed by atoms with Crippen molar-refractivity contribution in [2.24, 2.45) is 5.92 Å². The number of carbonyl (C=O) groups is 1. The van der Waals surface area contributed by atoms with E-state index in [9.17, 15) is 13.2 Å². The monoisotopic (exact) mass is 522 g/mol. The second-order valence-corrected chi connectivity index (χ2v) is 13.1. The van der Waals surface area contributed by atoms with Crippen molar-refractivity contribution in [3.63, 3.8) is 0 Å². The lowest BCUT2D eigenvalue weighted by Gasteiger charge is -2.35. The van der Waals surface area contributed by atoms with Crippen LogP contribution in [0, 0.1) is 5.92 Å². The van der Waals surface area contributed by atoms with Crippen LogP contribution in [-0.2, 0) is 14.8 Å². The Morgan fingerprint density at radius 1 is 1.03 bits per heavy atom. The molecule has 0 bridgehead atoms. The van der Waals surface area contributed by atoms with Gasteiger partial charge in [-0.05, 0) is 58.5 Å². The fourth-order valence-electron chi connectivity index (χ4n) is 5.11. The number of amides is 1. The second-order valence-electron chi connectivity index (χ2n) is 10.9. The predicted molar refractivity (Wildman–Crippen MR) is 135 cm³/mol. The third kappa shape index (κ3) is 5.86. The molecular weight excluding hydrogens is 484 g/mol. The van der Waals surface area contributed by atoms with Crippen LogP contribution in [0.1, 0.15) is 39.0 Å². The third-order valence-electron chi connectivity index (χ3n) is 7.93. The molecule has 4 aliphatic rings. The van der Waals surface area contributed by atoms with Crippen LogP contribution in [0.4, 0.5) is 10.6 Å². The molecule has 1 amide bonds. The summed E-state index contributed by atoms with van der Waals surface area (Å²) in [5.41, 5.74) is -0.236. The molecule has 5 rings (SSSR count). The zero-order valence-electron chi connectivity index (χ0n) is 21.3. The first-order chi connectivity index (χ1) is 17.2. The number of hydrogen-bond acceptors (Lipinski definition) is 9. The third-order valence-corrected chi connectivity index (χ3v) is 10.2. The molecule has 4 fully saturated rings. The Morgan fingerprint density at radius 2 is 1.75 bits per heavy atom. The van der Waals surface area contributed by atoms with Gasteiger partial charge in [0, 0.05) is 45.8 Å². The molecule has 200 valence electrons. The number of sulfonamides is 1. The Balaban J connectivity index is 1.04. The first-order valence-electron chi connectivity index (χ1n) is 13.1. The van der Waals surface area contributed by atoms with Gasteiger partial charge in [-0.2, -0.15) is 4.31 Å². The lowest BCUT2D eigenvalue weighted by atomic mass is 9.98. The van der Waals surface area contributed by atoms with Crippen molar-refractivity contribution in [1.82, 2.24) is 24.1 Å². The van der Waals surface area contributed by atoms with Gasteiger partial charge in [-0.15, -0.1) is 0 Å². The molecule has 1 aromatic heterocycles. The SMILES string of the molecule is CN1CC[C@@H](S(=O)(=O)N2CCN(c3cnc(OCC4CCN(C(=O)OC5(C)CC5)CC4)cn3)CC2)C1.